The van der Waals surface area contributed by atoms with Crippen molar-refractivity contribution in [2.24, 2.45) is 0 Å². The van der Waals surface area contributed by atoms with Gasteiger partial charge in [-0.3, -0.25) is 0 Å². The van der Waals surface area contributed by atoms with Crippen LogP contribution in [0.3, 0.4) is 0 Å². The number of hydrogen-bond acceptors (Lipinski definition) is 7. The number of likely N-dealkylation sites (tertiary alicyclic amines) is 1. The molecule has 1 aromatic carbocycles. The Hall–Kier alpha value is -2.38. The van der Waals surface area contributed by atoms with E-state index in [-0.39, 0.29) is 6.61 Å². The summed E-state index contributed by atoms with van der Waals surface area (Å²) in [6.07, 6.45) is 6.77. The van der Waals surface area contributed by atoms with Crippen LogP contribution in [0.2, 0.25) is 0 Å². The van der Waals surface area contributed by atoms with Crippen LogP contribution in [0, 0.1) is 0 Å². The minimum absolute atomic E-state index is 0.176. The van der Waals surface area contributed by atoms with E-state index in [0.717, 1.165) is 48.2 Å². The van der Waals surface area contributed by atoms with Crippen molar-refractivity contribution < 1.29 is 14.6 Å². The molecular weight excluding hydrogens is 380 g/mol. The molecule has 2 heterocycles. The lowest BCUT2D eigenvalue weighted by atomic mass is 10.1. The van der Waals surface area contributed by atoms with E-state index >= 15 is 0 Å². The summed E-state index contributed by atoms with van der Waals surface area (Å²) in [6.45, 7) is 5.13. The molecule has 3 rings (SSSR count). The lowest BCUT2D eigenvalue weighted by Gasteiger charge is -2.18. The van der Waals surface area contributed by atoms with Crippen molar-refractivity contribution in [3.05, 3.63) is 41.9 Å². The second-order valence-corrected chi connectivity index (χ2v) is 7.74. The van der Waals surface area contributed by atoms with E-state index in [1.165, 1.54) is 25.9 Å². The van der Waals surface area contributed by atoms with E-state index in [1.54, 1.807) is 13.3 Å². The first kappa shape index (κ1) is 22.3. The molecule has 0 saturated carbocycles. The van der Waals surface area contributed by atoms with E-state index in [2.05, 4.69) is 14.9 Å². The van der Waals surface area contributed by atoms with Gasteiger partial charge in [0.05, 0.1) is 13.7 Å². The predicted molar refractivity (Wildman–Crippen MR) is 119 cm³/mol. The maximum atomic E-state index is 9.03. The van der Waals surface area contributed by atoms with E-state index in [0.29, 0.717) is 19.4 Å². The van der Waals surface area contributed by atoms with E-state index in [9.17, 15) is 0 Å². The van der Waals surface area contributed by atoms with Gasteiger partial charge in [-0.1, -0.05) is 6.07 Å². The van der Waals surface area contributed by atoms with Gasteiger partial charge < -0.3 is 24.4 Å². The van der Waals surface area contributed by atoms with Gasteiger partial charge in [-0.25, -0.2) is 9.97 Å². The minimum atomic E-state index is 0.176. The molecule has 0 radical (unpaired) electrons. The number of ether oxygens (including phenoxy) is 2. The average molecular weight is 415 g/mol. The van der Waals surface area contributed by atoms with Crippen LogP contribution in [0.1, 0.15) is 37.1 Å². The second kappa shape index (κ2) is 11.7. The zero-order valence-electron chi connectivity index (χ0n) is 18.2. The Morgan fingerprint density at radius 3 is 2.73 bits per heavy atom. The summed E-state index contributed by atoms with van der Waals surface area (Å²) in [5.41, 5.74) is 1.08. The fraction of sp³-hybridized carbons (Fsp3) is 0.565. The van der Waals surface area contributed by atoms with Crippen LogP contribution in [0.4, 0.5) is 5.82 Å². The van der Waals surface area contributed by atoms with Crippen molar-refractivity contribution in [2.45, 2.75) is 32.1 Å². The third kappa shape index (κ3) is 6.57. The largest absolute Gasteiger partial charge is 0.493 e. The van der Waals surface area contributed by atoms with Crippen molar-refractivity contribution in [1.29, 1.82) is 0 Å². The van der Waals surface area contributed by atoms with Crippen molar-refractivity contribution in [2.75, 3.05) is 58.5 Å². The zero-order chi connectivity index (χ0) is 21.2. The Labute approximate surface area is 179 Å². The average Bonchev–Trinajstić information content (AvgIpc) is 3.29. The van der Waals surface area contributed by atoms with Crippen LogP contribution in [0.15, 0.2) is 30.5 Å². The molecule has 1 N–H and O–H groups in total. The van der Waals surface area contributed by atoms with Crippen molar-refractivity contribution >= 4 is 5.82 Å². The Morgan fingerprint density at radius 2 is 1.97 bits per heavy atom. The third-order valence-corrected chi connectivity index (χ3v) is 5.40. The lowest BCUT2D eigenvalue weighted by molar-refractivity contribution is 0.254. The number of methoxy groups -OCH3 is 1. The number of anilines is 1. The van der Waals surface area contributed by atoms with Gasteiger partial charge in [-0.15, -0.1) is 0 Å². The molecule has 0 aliphatic carbocycles. The van der Waals surface area contributed by atoms with Crippen LogP contribution in [0.25, 0.3) is 0 Å². The van der Waals surface area contributed by atoms with Gasteiger partial charge in [0, 0.05) is 39.4 Å². The van der Waals surface area contributed by atoms with Crippen molar-refractivity contribution in [3.8, 4) is 11.5 Å². The molecule has 30 heavy (non-hydrogen) atoms. The van der Waals surface area contributed by atoms with Gasteiger partial charge in [0.2, 0.25) is 0 Å². The van der Waals surface area contributed by atoms with E-state index in [1.807, 2.05) is 36.2 Å². The van der Waals surface area contributed by atoms with Crippen LogP contribution < -0.4 is 14.4 Å². The predicted octanol–water partition coefficient (Wildman–Crippen LogP) is 2.76. The molecule has 1 aliphatic heterocycles. The molecule has 0 amide bonds. The minimum Gasteiger partial charge on any atom is -0.493 e. The Morgan fingerprint density at radius 1 is 1.13 bits per heavy atom. The summed E-state index contributed by atoms with van der Waals surface area (Å²) >= 11 is 0. The van der Waals surface area contributed by atoms with Gasteiger partial charge >= 0.3 is 0 Å². The van der Waals surface area contributed by atoms with Gasteiger partial charge in [-0.2, -0.15) is 0 Å². The molecule has 1 fully saturated rings. The van der Waals surface area contributed by atoms with Crippen molar-refractivity contribution in [3.63, 3.8) is 0 Å². The number of hydrogen-bond donors (Lipinski definition) is 1. The van der Waals surface area contributed by atoms with Crippen LogP contribution in [-0.2, 0) is 6.42 Å². The first-order valence-electron chi connectivity index (χ1n) is 10.9. The molecular formula is C23H34N4O3. The molecule has 164 valence electrons. The summed E-state index contributed by atoms with van der Waals surface area (Å²) in [5.74, 6) is 3.14. The lowest BCUT2D eigenvalue weighted by Crippen LogP contribution is -2.22. The Balaban J connectivity index is 1.59. The molecule has 0 bridgehead atoms. The molecule has 1 aromatic heterocycles. The van der Waals surface area contributed by atoms with Gasteiger partial charge in [-0.05, 0) is 62.5 Å². The molecule has 7 nitrogen and oxygen atoms in total. The SMILES string of the molecule is COc1ccc(Cc2nccc(N(C)CCCO)n2)cc1OCCCN1CCCC1. The van der Waals surface area contributed by atoms with E-state index in [4.69, 9.17) is 14.6 Å². The zero-order valence-corrected chi connectivity index (χ0v) is 18.2. The highest BCUT2D eigenvalue weighted by Gasteiger charge is 2.12. The molecule has 1 aliphatic rings. The van der Waals surface area contributed by atoms with Crippen LogP contribution in [0.5, 0.6) is 11.5 Å². The first-order valence-corrected chi connectivity index (χ1v) is 10.9. The Bertz CT molecular complexity index is 781. The summed E-state index contributed by atoms with van der Waals surface area (Å²) in [4.78, 5) is 13.6. The summed E-state index contributed by atoms with van der Waals surface area (Å²) in [5, 5.41) is 9.03. The van der Waals surface area contributed by atoms with Crippen LogP contribution in [-0.4, -0.2) is 73.5 Å². The second-order valence-electron chi connectivity index (χ2n) is 7.74. The summed E-state index contributed by atoms with van der Waals surface area (Å²) in [6, 6.07) is 7.90. The molecule has 0 unspecified atom stereocenters. The number of nitrogens with zero attached hydrogens (tertiary/aromatic N) is 4. The van der Waals surface area contributed by atoms with Crippen molar-refractivity contribution in [1.82, 2.24) is 14.9 Å². The van der Waals surface area contributed by atoms with Gasteiger partial charge in [0.15, 0.2) is 11.5 Å². The maximum Gasteiger partial charge on any atom is 0.161 e. The number of aliphatic hydroxyl groups is 1. The maximum absolute atomic E-state index is 9.03. The third-order valence-electron chi connectivity index (χ3n) is 5.40. The fourth-order valence-corrected chi connectivity index (χ4v) is 3.71. The summed E-state index contributed by atoms with van der Waals surface area (Å²) < 4.78 is 11.5. The number of aromatic nitrogens is 2. The van der Waals surface area contributed by atoms with E-state index < -0.39 is 0 Å². The Kier molecular flexibility index (Phi) is 8.71. The highest BCUT2D eigenvalue weighted by molar-refractivity contribution is 5.44. The highest BCUT2D eigenvalue weighted by atomic mass is 16.5. The number of rotatable bonds is 12. The van der Waals surface area contributed by atoms with Crippen LogP contribution >= 0.6 is 0 Å². The van der Waals surface area contributed by atoms with Gasteiger partial charge in [0.25, 0.3) is 0 Å². The normalized spacial score (nSPS) is 14.1. The standard InChI is InChI=1S/C23H34N4O3/c1-26(11-5-15-28)23-9-10-24-22(25-23)18-19-7-8-20(29-2)21(17-19)30-16-6-14-27-12-3-4-13-27/h7-10,17,28H,3-6,11-16,18H2,1-2H3. The summed E-state index contributed by atoms with van der Waals surface area (Å²) in [7, 11) is 3.64. The smallest absolute Gasteiger partial charge is 0.161 e. The highest BCUT2D eigenvalue weighted by Crippen LogP contribution is 2.29. The molecule has 1 saturated heterocycles. The number of aliphatic hydroxyl groups excluding tert-OH is 1. The monoisotopic (exact) mass is 414 g/mol. The quantitative estimate of drug-likeness (QED) is 0.536. The fourth-order valence-electron chi connectivity index (χ4n) is 3.71. The number of benzene rings is 1. The molecule has 7 heteroatoms. The first-order chi connectivity index (χ1) is 14.7. The molecule has 2 aromatic rings. The molecule has 0 atom stereocenters. The topological polar surface area (TPSA) is 71.0 Å². The molecule has 0 spiro atoms. The van der Waals surface area contributed by atoms with Gasteiger partial charge in [0.1, 0.15) is 11.6 Å².